The second-order valence-corrected chi connectivity index (χ2v) is 6.58. The summed E-state index contributed by atoms with van der Waals surface area (Å²) in [7, 11) is 3.80. The van der Waals surface area contributed by atoms with E-state index in [0.717, 1.165) is 13.0 Å². The molecule has 19 heavy (non-hydrogen) atoms. The lowest BCUT2D eigenvalue weighted by atomic mass is 9.64. The van der Waals surface area contributed by atoms with Crippen LogP contribution in [0.4, 0.5) is 0 Å². The maximum absolute atomic E-state index is 5.49. The van der Waals surface area contributed by atoms with Crippen molar-refractivity contribution in [2.24, 2.45) is 12.5 Å². The minimum atomic E-state index is 0.217. The van der Waals surface area contributed by atoms with Gasteiger partial charge in [-0.1, -0.05) is 27.7 Å². The van der Waals surface area contributed by atoms with E-state index >= 15 is 0 Å². The van der Waals surface area contributed by atoms with Crippen LogP contribution >= 0.6 is 0 Å². The minimum absolute atomic E-state index is 0.217. The van der Waals surface area contributed by atoms with Gasteiger partial charge in [0.05, 0.1) is 11.8 Å². The normalized spacial score (nSPS) is 25.6. The van der Waals surface area contributed by atoms with Gasteiger partial charge >= 0.3 is 0 Å². The van der Waals surface area contributed by atoms with Gasteiger partial charge in [0.25, 0.3) is 0 Å². The zero-order valence-corrected chi connectivity index (χ0v) is 13.0. The van der Waals surface area contributed by atoms with Crippen LogP contribution in [0.25, 0.3) is 0 Å². The van der Waals surface area contributed by atoms with E-state index in [1.165, 1.54) is 11.3 Å². The van der Waals surface area contributed by atoms with Crippen molar-refractivity contribution >= 4 is 0 Å². The number of aryl methyl sites for hydroxylation is 1. The molecule has 2 unspecified atom stereocenters. The van der Waals surface area contributed by atoms with Gasteiger partial charge in [0.15, 0.2) is 0 Å². The first-order chi connectivity index (χ1) is 8.86. The Morgan fingerprint density at radius 3 is 2.74 bits per heavy atom. The Morgan fingerprint density at radius 1 is 1.53 bits per heavy atom. The number of rotatable bonds is 5. The number of nitrogens with zero attached hydrogens (tertiary/aromatic N) is 2. The van der Waals surface area contributed by atoms with E-state index in [9.17, 15) is 0 Å². The van der Waals surface area contributed by atoms with Crippen LogP contribution in [0.5, 0.6) is 0 Å². The fraction of sp³-hybridized carbons (Fsp3) is 0.800. The lowest BCUT2D eigenvalue weighted by Crippen LogP contribution is -2.60. The van der Waals surface area contributed by atoms with Crippen LogP contribution < -0.4 is 5.32 Å². The van der Waals surface area contributed by atoms with E-state index in [1.807, 2.05) is 11.7 Å². The van der Waals surface area contributed by atoms with Crippen molar-refractivity contribution in [1.82, 2.24) is 15.1 Å². The summed E-state index contributed by atoms with van der Waals surface area (Å²) in [6.45, 7) is 9.83. The lowest BCUT2D eigenvalue weighted by Gasteiger charge is -2.51. The molecule has 1 saturated carbocycles. The maximum Gasteiger partial charge on any atom is 0.0694 e. The second kappa shape index (κ2) is 5.25. The fourth-order valence-electron chi connectivity index (χ4n) is 3.04. The van der Waals surface area contributed by atoms with Gasteiger partial charge in [-0.15, -0.1) is 0 Å². The molecule has 0 aliphatic heterocycles. The summed E-state index contributed by atoms with van der Waals surface area (Å²) in [5.41, 5.74) is 2.74. The Labute approximate surface area is 116 Å². The third-order valence-electron chi connectivity index (χ3n) is 4.49. The van der Waals surface area contributed by atoms with Gasteiger partial charge in [0, 0.05) is 43.9 Å². The molecule has 0 amide bonds. The molecule has 0 spiro atoms. The molecule has 4 heteroatoms. The fourth-order valence-corrected chi connectivity index (χ4v) is 3.04. The molecule has 4 nitrogen and oxygen atoms in total. The molecule has 1 N–H and O–H groups in total. The first-order valence-corrected chi connectivity index (χ1v) is 7.14. The van der Waals surface area contributed by atoms with Crippen molar-refractivity contribution in [2.45, 2.75) is 58.7 Å². The van der Waals surface area contributed by atoms with Crippen LogP contribution in [0, 0.1) is 5.41 Å². The molecular formula is C15H27N3O. The van der Waals surface area contributed by atoms with E-state index in [0.29, 0.717) is 18.1 Å². The Balaban J connectivity index is 1.97. The molecule has 1 aliphatic carbocycles. The first kappa shape index (κ1) is 14.5. The molecule has 1 heterocycles. The molecule has 0 aromatic carbocycles. The van der Waals surface area contributed by atoms with Crippen molar-refractivity contribution in [3.63, 3.8) is 0 Å². The number of methoxy groups -OCH3 is 1. The molecule has 0 bridgehead atoms. The van der Waals surface area contributed by atoms with E-state index in [2.05, 4.69) is 44.3 Å². The quantitative estimate of drug-likeness (QED) is 0.889. The molecule has 108 valence electrons. The molecule has 0 radical (unpaired) electrons. The van der Waals surface area contributed by atoms with Crippen molar-refractivity contribution in [3.05, 3.63) is 17.5 Å². The van der Waals surface area contributed by atoms with Gasteiger partial charge in [-0.3, -0.25) is 4.68 Å². The predicted molar refractivity (Wildman–Crippen MR) is 77.1 cm³/mol. The van der Waals surface area contributed by atoms with Gasteiger partial charge in [0.2, 0.25) is 0 Å². The summed E-state index contributed by atoms with van der Waals surface area (Å²) < 4.78 is 7.41. The Morgan fingerprint density at radius 2 is 2.21 bits per heavy atom. The molecule has 0 saturated heterocycles. The monoisotopic (exact) mass is 265 g/mol. The van der Waals surface area contributed by atoms with Crippen LogP contribution in [0.1, 0.15) is 51.3 Å². The topological polar surface area (TPSA) is 39.1 Å². The van der Waals surface area contributed by atoms with Crippen LogP contribution in [0.15, 0.2) is 6.20 Å². The van der Waals surface area contributed by atoms with Crippen LogP contribution in [-0.2, 0) is 18.3 Å². The number of hydrogen-bond acceptors (Lipinski definition) is 3. The summed E-state index contributed by atoms with van der Waals surface area (Å²) >= 11 is 0. The number of ether oxygens (including phenoxy) is 1. The largest absolute Gasteiger partial charge is 0.381 e. The molecule has 2 atom stereocenters. The highest BCUT2D eigenvalue weighted by atomic mass is 16.5. The number of nitrogens with one attached hydrogen (secondary N) is 1. The summed E-state index contributed by atoms with van der Waals surface area (Å²) in [5, 5.41) is 8.22. The zero-order valence-electron chi connectivity index (χ0n) is 13.0. The van der Waals surface area contributed by atoms with Crippen molar-refractivity contribution in [3.8, 4) is 0 Å². The van der Waals surface area contributed by atoms with Gasteiger partial charge in [0.1, 0.15) is 0 Å². The standard InChI is InChI=1S/C15H27N3O/c1-10(2)14-11(9-18(5)17-14)8-16-12-7-13(19-6)15(12,3)4/h9-10,12-13,16H,7-8H2,1-6H3. The van der Waals surface area contributed by atoms with Gasteiger partial charge in [-0.05, 0) is 12.3 Å². The highest BCUT2D eigenvalue weighted by Gasteiger charge is 2.48. The Bertz CT molecular complexity index is 437. The SMILES string of the molecule is COC1CC(NCc2cn(C)nc2C(C)C)C1(C)C. The zero-order chi connectivity index (χ0) is 14.2. The first-order valence-electron chi connectivity index (χ1n) is 7.14. The molecule has 1 fully saturated rings. The number of hydrogen-bond donors (Lipinski definition) is 1. The summed E-state index contributed by atoms with van der Waals surface area (Å²) in [6, 6.07) is 0.526. The van der Waals surface area contributed by atoms with Crippen LogP contribution in [0.3, 0.4) is 0 Å². The number of aromatic nitrogens is 2. The van der Waals surface area contributed by atoms with Crippen LogP contribution in [-0.4, -0.2) is 29.0 Å². The van der Waals surface area contributed by atoms with E-state index < -0.39 is 0 Å². The molecule has 2 rings (SSSR count). The maximum atomic E-state index is 5.49. The lowest BCUT2D eigenvalue weighted by molar-refractivity contribution is -0.0979. The highest BCUT2D eigenvalue weighted by Crippen LogP contribution is 2.42. The highest BCUT2D eigenvalue weighted by molar-refractivity contribution is 5.20. The van der Waals surface area contributed by atoms with E-state index in [4.69, 9.17) is 4.74 Å². The average molecular weight is 265 g/mol. The summed E-state index contributed by atoms with van der Waals surface area (Å²) in [5.74, 6) is 0.471. The molecule has 1 aliphatic rings. The van der Waals surface area contributed by atoms with Gasteiger partial charge in [-0.2, -0.15) is 5.10 Å². The second-order valence-electron chi connectivity index (χ2n) is 6.58. The summed E-state index contributed by atoms with van der Waals surface area (Å²) in [6.07, 6.45) is 3.60. The average Bonchev–Trinajstić information content (AvgIpc) is 2.69. The molecule has 1 aromatic rings. The van der Waals surface area contributed by atoms with Crippen molar-refractivity contribution < 1.29 is 4.74 Å². The molecule has 1 aromatic heterocycles. The van der Waals surface area contributed by atoms with Gasteiger partial charge in [-0.25, -0.2) is 0 Å². The van der Waals surface area contributed by atoms with E-state index in [1.54, 1.807) is 7.11 Å². The third kappa shape index (κ3) is 2.70. The van der Waals surface area contributed by atoms with E-state index in [-0.39, 0.29) is 5.41 Å². The predicted octanol–water partition coefficient (Wildman–Crippen LogP) is 2.45. The minimum Gasteiger partial charge on any atom is -0.381 e. The van der Waals surface area contributed by atoms with Crippen molar-refractivity contribution in [2.75, 3.05) is 7.11 Å². The Hall–Kier alpha value is -0.870. The summed E-state index contributed by atoms with van der Waals surface area (Å²) in [4.78, 5) is 0. The van der Waals surface area contributed by atoms with Crippen molar-refractivity contribution in [1.29, 1.82) is 0 Å². The molecular weight excluding hydrogens is 238 g/mol. The van der Waals surface area contributed by atoms with Crippen LogP contribution in [0.2, 0.25) is 0 Å². The van der Waals surface area contributed by atoms with Gasteiger partial charge < -0.3 is 10.1 Å². The smallest absolute Gasteiger partial charge is 0.0694 e. The Kier molecular flexibility index (Phi) is 4.02. The third-order valence-corrected chi connectivity index (χ3v) is 4.49.